The molecule has 1 aromatic carbocycles. The van der Waals surface area contributed by atoms with Crippen LogP contribution in [0.4, 0.5) is 29.0 Å². The van der Waals surface area contributed by atoms with Gasteiger partial charge in [-0.2, -0.15) is 16.3 Å². The summed E-state index contributed by atoms with van der Waals surface area (Å²) in [6.07, 6.45) is 3.31. The highest BCUT2D eigenvalue weighted by atomic mass is 35.5. The molecule has 0 saturated heterocycles. The molecule has 30 heavy (non-hydrogen) atoms. The summed E-state index contributed by atoms with van der Waals surface area (Å²) in [7, 11) is 0. The Morgan fingerprint density at radius 1 is 1.00 bits per heavy atom. The van der Waals surface area contributed by atoms with Crippen LogP contribution in [0.1, 0.15) is 6.92 Å². The van der Waals surface area contributed by atoms with E-state index in [1.54, 1.807) is 29.7 Å². The number of rotatable bonds is 6. The lowest BCUT2D eigenvalue weighted by Gasteiger charge is -2.11. The van der Waals surface area contributed by atoms with Crippen molar-refractivity contribution in [2.24, 2.45) is 0 Å². The minimum Gasteiger partial charge on any atom is -0.339 e. The SMILES string of the molecule is CC(=O)Nc1cccc(Nc2nc(Nc3ccc(-c4ccsc4)cn3)ncc2Cl)c1. The van der Waals surface area contributed by atoms with Crippen molar-refractivity contribution in [3.05, 3.63) is 70.6 Å². The fourth-order valence-corrected chi connectivity index (χ4v) is 3.51. The maximum atomic E-state index is 11.3. The average Bonchev–Trinajstić information content (AvgIpc) is 3.26. The Hall–Kier alpha value is -3.49. The molecule has 0 radical (unpaired) electrons. The Labute approximate surface area is 182 Å². The molecular weight excluding hydrogens is 420 g/mol. The van der Waals surface area contributed by atoms with Gasteiger partial charge in [-0.15, -0.1) is 0 Å². The number of amides is 1. The molecular formula is C21H17ClN6OS. The van der Waals surface area contributed by atoms with Crippen molar-refractivity contribution >= 4 is 57.8 Å². The van der Waals surface area contributed by atoms with Gasteiger partial charge in [0.05, 0.1) is 6.20 Å². The molecule has 3 aromatic heterocycles. The standard InChI is InChI=1S/C21H17ClN6OS/c1-13(29)25-16-3-2-4-17(9-16)26-20-18(22)11-24-21(28-20)27-19-6-5-14(10-23-19)15-7-8-30-12-15/h2-12H,1H3,(H,25,29)(H2,23,24,26,27,28). The molecule has 9 heteroatoms. The van der Waals surface area contributed by atoms with Gasteiger partial charge in [0.25, 0.3) is 0 Å². The molecule has 0 atom stereocenters. The highest BCUT2D eigenvalue weighted by molar-refractivity contribution is 7.08. The van der Waals surface area contributed by atoms with Crippen molar-refractivity contribution in [3.63, 3.8) is 0 Å². The van der Waals surface area contributed by atoms with E-state index in [1.807, 2.05) is 29.6 Å². The number of nitrogens with one attached hydrogen (secondary N) is 3. The van der Waals surface area contributed by atoms with Crippen LogP contribution < -0.4 is 16.0 Å². The van der Waals surface area contributed by atoms with Gasteiger partial charge < -0.3 is 16.0 Å². The lowest BCUT2D eigenvalue weighted by Crippen LogP contribution is -2.06. The molecule has 0 bridgehead atoms. The number of benzene rings is 1. The van der Waals surface area contributed by atoms with Gasteiger partial charge in [0.15, 0.2) is 5.82 Å². The third-order valence-electron chi connectivity index (χ3n) is 4.05. The topological polar surface area (TPSA) is 91.8 Å². The number of halogens is 1. The number of nitrogens with zero attached hydrogens (tertiary/aromatic N) is 3. The predicted octanol–water partition coefficient (Wildman–Crippen LogP) is 5.70. The van der Waals surface area contributed by atoms with Gasteiger partial charge in [0.2, 0.25) is 11.9 Å². The van der Waals surface area contributed by atoms with Crippen LogP contribution >= 0.6 is 22.9 Å². The summed E-state index contributed by atoms with van der Waals surface area (Å²) in [5.74, 6) is 1.27. The zero-order valence-electron chi connectivity index (χ0n) is 15.9. The molecule has 0 aliphatic carbocycles. The monoisotopic (exact) mass is 436 g/mol. The first-order valence-corrected chi connectivity index (χ1v) is 10.3. The highest BCUT2D eigenvalue weighted by Gasteiger charge is 2.08. The first kappa shape index (κ1) is 19.8. The van der Waals surface area contributed by atoms with Crippen molar-refractivity contribution < 1.29 is 4.79 Å². The van der Waals surface area contributed by atoms with E-state index >= 15 is 0 Å². The van der Waals surface area contributed by atoms with Gasteiger partial charge in [-0.3, -0.25) is 4.79 Å². The molecule has 0 saturated carbocycles. The quantitative estimate of drug-likeness (QED) is 0.359. The Balaban J connectivity index is 1.50. The van der Waals surface area contributed by atoms with Crippen molar-refractivity contribution in [2.75, 3.05) is 16.0 Å². The second-order valence-corrected chi connectivity index (χ2v) is 7.53. The van der Waals surface area contributed by atoms with Gasteiger partial charge in [-0.05, 0) is 52.7 Å². The van der Waals surface area contributed by atoms with Crippen molar-refractivity contribution in [1.29, 1.82) is 0 Å². The first-order chi connectivity index (χ1) is 14.6. The number of anilines is 5. The molecule has 3 N–H and O–H groups in total. The molecule has 0 fully saturated rings. The van der Waals surface area contributed by atoms with Crippen molar-refractivity contribution in [3.8, 4) is 11.1 Å². The van der Waals surface area contributed by atoms with E-state index in [2.05, 4.69) is 42.3 Å². The van der Waals surface area contributed by atoms with Gasteiger partial charge >= 0.3 is 0 Å². The number of aromatic nitrogens is 3. The minimum atomic E-state index is -0.142. The number of carbonyl (C=O) groups excluding carboxylic acids is 1. The van der Waals surface area contributed by atoms with Crippen LogP contribution in [-0.4, -0.2) is 20.9 Å². The molecule has 3 heterocycles. The number of pyridine rings is 1. The first-order valence-electron chi connectivity index (χ1n) is 9.00. The molecule has 0 aliphatic heterocycles. The minimum absolute atomic E-state index is 0.142. The number of carbonyl (C=O) groups is 1. The van der Waals surface area contributed by atoms with E-state index in [0.29, 0.717) is 28.3 Å². The van der Waals surface area contributed by atoms with Crippen LogP contribution in [0.25, 0.3) is 11.1 Å². The molecule has 4 aromatic rings. The number of thiophene rings is 1. The van der Waals surface area contributed by atoms with Crippen molar-refractivity contribution in [1.82, 2.24) is 15.0 Å². The number of hydrogen-bond acceptors (Lipinski definition) is 7. The normalized spacial score (nSPS) is 10.5. The second kappa shape index (κ2) is 8.89. The van der Waals surface area contributed by atoms with Crippen LogP contribution in [-0.2, 0) is 4.79 Å². The fourth-order valence-electron chi connectivity index (χ4n) is 2.71. The third kappa shape index (κ3) is 4.91. The largest absolute Gasteiger partial charge is 0.339 e. The fraction of sp³-hybridized carbons (Fsp3) is 0.0476. The maximum absolute atomic E-state index is 11.3. The summed E-state index contributed by atoms with van der Waals surface area (Å²) in [6.45, 7) is 1.46. The lowest BCUT2D eigenvalue weighted by atomic mass is 10.1. The Morgan fingerprint density at radius 2 is 1.87 bits per heavy atom. The smallest absolute Gasteiger partial charge is 0.230 e. The Morgan fingerprint density at radius 3 is 2.60 bits per heavy atom. The molecule has 0 aliphatic rings. The van der Waals surface area contributed by atoms with Crippen LogP contribution in [0.3, 0.4) is 0 Å². The van der Waals surface area contributed by atoms with E-state index in [-0.39, 0.29) is 5.91 Å². The molecule has 150 valence electrons. The van der Waals surface area contributed by atoms with Crippen molar-refractivity contribution in [2.45, 2.75) is 6.92 Å². The van der Waals surface area contributed by atoms with Crippen LogP contribution in [0.15, 0.2) is 65.6 Å². The van der Waals surface area contributed by atoms with E-state index in [0.717, 1.165) is 16.8 Å². The van der Waals surface area contributed by atoms with E-state index in [4.69, 9.17) is 11.6 Å². The Bertz CT molecular complexity index is 1160. The second-order valence-electron chi connectivity index (χ2n) is 6.35. The summed E-state index contributed by atoms with van der Waals surface area (Å²) in [5.41, 5.74) is 3.58. The average molecular weight is 437 g/mol. The van der Waals surface area contributed by atoms with Gasteiger partial charge in [-0.1, -0.05) is 17.7 Å². The molecule has 4 rings (SSSR count). The molecule has 0 unspecified atom stereocenters. The summed E-state index contributed by atoms with van der Waals surface area (Å²) in [5, 5.41) is 13.4. The lowest BCUT2D eigenvalue weighted by molar-refractivity contribution is -0.114. The van der Waals surface area contributed by atoms with Gasteiger partial charge in [0, 0.05) is 30.1 Å². The summed E-state index contributed by atoms with van der Waals surface area (Å²) >= 11 is 7.90. The third-order valence-corrected chi connectivity index (χ3v) is 5.01. The van der Waals surface area contributed by atoms with Crippen LogP contribution in [0.2, 0.25) is 5.02 Å². The van der Waals surface area contributed by atoms with E-state index in [9.17, 15) is 4.79 Å². The molecule has 0 spiro atoms. The molecule has 1 amide bonds. The summed E-state index contributed by atoms with van der Waals surface area (Å²) in [6, 6.07) is 13.2. The summed E-state index contributed by atoms with van der Waals surface area (Å²) in [4.78, 5) is 24.3. The van der Waals surface area contributed by atoms with Crippen LogP contribution in [0, 0.1) is 0 Å². The number of hydrogen-bond donors (Lipinski definition) is 3. The van der Waals surface area contributed by atoms with Gasteiger partial charge in [-0.25, -0.2) is 9.97 Å². The summed E-state index contributed by atoms with van der Waals surface area (Å²) < 4.78 is 0. The zero-order valence-corrected chi connectivity index (χ0v) is 17.5. The van der Waals surface area contributed by atoms with E-state index < -0.39 is 0 Å². The Kier molecular flexibility index (Phi) is 5.87. The van der Waals surface area contributed by atoms with Crippen LogP contribution in [0.5, 0.6) is 0 Å². The highest BCUT2D eigenvalue weighted by Crippen LogP contribution is 2.27. The molecule has 7 nitrogen and oxygen atoms in total. The predicted molar refractivity (Wildman–Crippen MR) is 122 cm³/mol. The zero-order chi connectivity index (χ0) is 20.9. The van der Waals surface area contributed by atoms with Gasteiger partial charge in [0.1, 0.15) is 10.8 Å². The maximum Gasteiger partial charge on any atom is 0.230 e. The van der Waals surface area contributed by atoms with E-state index in [1.165, 1.54) is 13.1 Å².